The van der Waals surface area contributed by atoms with Crippen molar-refractivity contribution >= 4 is 27.5 Å². The van der Waals surface area contributed by atoms with E-state index in [4.69, 9.17) is 15.9 Å². The van der Waals surface area contributed by atoms with E-state index in [0.717, 1.165) is 41.7 Å². The third-order valence-electron chi connectivity index (χ3n) is 3.37. The lowest BCUT2D eigenvalue weighted by atomic mass is 10.0. The number of piperidine rings is 1. The van der Waals surface area contributed by atoms with E-state index in [1.807, 2.05) is 18.2 Å². The topological polar surface area (TPSA) is 62.3 Å². The zero-order valence-electron chi connectivity index (χ0n) is 10.4. The van der Waals surface area contributed by atoms with Crippen molar-refractivity contribution in [2.75, 3.05) is 25.1 Å². The fourth-order valence-electron chi connectivity index (χ4n) is 2.33. The third-order valence-corrected chi connectivity index (χ3v) is 3.86. The van der Waals surface area contributed by atoms with Gasteiger partial charge in [0.05, 0.1) is 6.10 Å². The minimum Gasteiger partial charge on any atom is -0.384 e. The summed E-state index contributed by atoms with van der Waals surface area (Å²) in [6.45, 7) is 1.88. The van der Waals surface area contributed by atoms with Crippen molar-refractivity contribution in [3.05, 3.63) is 28.2 Å². The number of hydrogen-bond acceptors (Lipinski definition) is 3. The van der Waals surface area contributed by atoms with Gasteiger partial charge < -0.3 is 15.4 Å². The summed E-state index contributed by atoms with van der Waals surface area (Å²) in [5.74, 6) is 0.117. The van der Waals surface area contributed by atoms with Crippen LogP contribution in [-0.2, 0) is 4.74 Å². The lowest BCUT2D eigenvalue weighted by molar-refractivity contribution is 0.0819. The van der Waals surface area contributed by atoms with Crippen LogP contribution >= 0.6 is 15.9 Å². The van der Waals surface area contributed by atoms with E-state index in [1.165, 1.54) is 0 Å². The second-order valence-corrected chi connectivity index (χ2v) is 5.41. The van der Waals surface area contributed by atoms with Crippen LogP contribution in [0.2, 0.25) is 0 Å². The van der Waals surface area contributed by atoms with Crippen molar-refractivity contribution < 1.29 is 4.74 Å². The number of methoxy groups -OCH3 is 1. The number of nitrogens with zero attached hydrogens (tertiary/aromatic N) is 1. The second-order valence-electron chi connectivity index (χ2n) is 4.50. The third kappa shape index (κ3) is 2.84. The average molecular weight is 312 g/mol. The van der Waals surface area contributed by atoms with Gasteiger partial charge in [0.1, 0.15) is 5.84 Å². The Labute approximate surface area is 116 Å². The zero-order valence-corrected chi connectivity index (χ0v) is 12.0. The Morgan fingerprint density at radius 1 is 1.44 bits per heavy atom. The van der Waals surface area contributed by atoms with E-state index in [0.29, 0.717) is 6.10 Å². The van der Waals surface area contributed by atoms with Gasteiger partial charge in [0.25, 0.3) is 0 Å². The van der Waals surface area contributed by atoms with Gasteiger partial charge in [0.15, 0.2) is 0 Å². The molecule has 0 unspecified atom stereocenters. The molecule has 98 valence electrons. The van der Waals surface area contributed by atoms with E-state index < -0.39 is 0 Å². The molecule has 1 saturated heterocycles. The smallest absolute Gasteiger partial charge is 0.124 e. The summed E-state index contributed by atoms with van der Waals surface area (Å²) in [7, 11) is 1.76. The minimum atomic E-state index is 0.117. The fraction of sp³-hybridized carbons (Fsp3) is 0.462. The Bertz CT molecular complexity index is 442. The number of ether oxygens (including phenoxy) is 1. The predicted molar refractivity (Wildman–Crippen MR) is 77.4 cm³/mol. The Hall–Kier alpha value is -1.07. The molecule has 1 aliphatic rings. The molecule has 0 atom stereocenters. The van der Waals surface area contributed by atoms with E-state index in [2.05, 4.69) is 20.8 Å². The number of nitrogen functional groups attached to an aromatic ring is 1. The highest BCUT2D eigenvalue weighted by atomic mass is 79.9. The molecule has 0 aromatic heterocycles. The van der Waals surface area contributed by atoms with Gasteiger partial charge in [-0.1, -0.05) is 15.9 Å². The maximum Gasteiger partial charge on any atom is 0.124 e. The van der Waals surface area contributed by atoms with Crippen molar-refractivity contribution in [3.8, 4) is 0 Å². The second kappa shape index (κ2) is 5.71. The Morgan fingerprint density at radius 2 is 2.11 bits per heavy atom. The quantitative estimate of drug-likeness (QED) is 0.665. The van der Waals surface area contributed by atoms with Gasteiger partial charge in [-0.3, -0.25) is 5.41 Å². The molecule has 0 amide bonds. The van der Waals surface area contributed by atoms with Crippen LogP contribution in [0.5, 0.6) is 0 Å². The molecule has 0 spiro atoms. The van der Waals surface area contributed by atoms with Gasteiger partial charge in [-0.05, 0) is 31.0 Å². The predicted octanol–water partition coefficient (Wildman–Crippen LogP) is 2.35. The van der Waals surface area contributed by atoms with Crippen LogP contribution in [-0.4, -0.2) is 32.1 Å². The van der Waals surface area contributed by atoms with Crippen molar-refractivity contribution in [2.24, 2.45) is 5.73 Å². The number of amidine groups is 1. The number of rotatable bonds is 3. The zero-order chi connectivity index (χ0) is 13.1. The number of hydrogen-bond donors (Lipinski definition) is 2. The molecule has 1 aromatic carbocycles. The maximum absolute atomic E-state index is 7.65. The lowest BCUT2D eigenvalue weighted by Crippen LogP contribution is -2.37. The molecule has 0 radical (unpaired) electrons. The summed E-state index contributed by atoms with van der Waals surface area (Å²) >= 11 is 3.47. The minimum absolute atomic E-state index is 0.117. The molecule has 1 aromatic rings. The summed E-state index contributed by atoms with van der Waals surface area (Å²) in [5.41, 5.74) is 7.48. The van der Waals surface area contributed by atoms with Crippen molar-refractivity contribution in [1.29, 1.82) is 5.41 Å². The van der Waals surface area contributed by atoms with Gasteiger partial charge in [0, 0.05) is 35.9 Å². The number of halogens is 1. The summed E-state index contributed by atoms with van der Waals surface area (Å²) in [6.07, 6.45) is 2.38. The average Bonchev–Trinajstić information content (AvgIpc) is 2.38. The van der Waals surface area contributed by atoms with Gasteiger partial charge in [0.2, 0.25) is 0 Å². The van der Waals surface area contributed by atoms with E-state index in [1.54, 1.807) is 7.11 Å². The number of anilines is 1. The number of nitrogens with two attached hydrogens (primary N) is 1. The summed E-state index contributed by atoms with van der Waals surface area (Å²) in [6, 6.07) is 5.84. The SMILES string of the molecule is COC1CCN(c2cc(Br)ccc2C(=N)N)CC1. The van der Waals surface area contributed by atoms with E-state index in [9.17, 15) is 0 Å². The Morgan fingerprint density at radius 3 is 2.67 bits per heavy atom. The Kier molecular flexibility index (Phi) is 4.24. The molecule has 3 N–H and O–H groups in total. The molecular weight excluding hydrogens is 294 g/mol. The Balaban J connectivity index is 2.22. The molecule has 1 aliphatic heterocycles. The van der Waals surface area contributed by atoms with E-state index in [-0.39, 0.29) is 5.84 Å². The van der Waals surface area contributed by atoms with Gasteiger partial charge >= 0.3 is 0 Å². The van der Waals surface area contributed by atoms with Crippen LogP contribution in [0.3, 0.4) is 0 Å². The molecule has 5 heteroatoms. The van der Waals surface area contributed by atoms with Gasteiger partial charge in [-0.15, -0.1) is 0 Å². The molecule has 1 fully saturated rings. The monoisotopic (exact) mass is 311 g/mol. The van der Waals surface area contributed by atoms with Crippen LogP contribution < -0.4 is 10.6 Å². The molecule has 1 heterocycles. The highest BCUT2D eigenvalue weighted by molar-refractivity contribution is 9.10. The maximum atomic E-state index is 7.65. The number of benzene rings is 1. The van der Waals surface area contributed by atoms with Crippen molar-refractivity contribution in [3.63, 3.8) is 0 Å². The molecule has 0 aliphatic carbocycles. The van der Waals surface area contributed by atoms with Crippen LogP contribution in [0.1, 0.15) is 18.4 Å². The highest BCUT2D eigenvalue weighted by Crippen LogP contribution is 2.28. The molecule has 0 saturated carbocycles. The van der Waals surface area contributed by atoms with E-state index >= 15 is 0 Å². The van der Waals surface area contributed by atoms with Crippen molar-refractivity contribution in [1.82, 2.24) is 0 Å². The van der Waals surface area contributed by atoms with Crippen LogP contribution in [0.4, 0.5) is 5.69 Å². The lowest BCUT2D eigenvalue weighted by Gasteiger charge is -2.34. The first-order valence-corrected chi connectivity index (χ1v) is 6.83. The normalized spacial score (nSPS) is 16.9. The van der Waals surface area contributed by atoms with Crippen LogP contribution in [0, 0.1) is 5.41 Å². The number of nitrogens with one attached hydrogen (secondary N) is 1. The summed E-state index contributed by atoms with van der Waals surface area (Å²) in [5, 5.41) is 7.65. The highest BCUT2D eigenvalue weighted by Gasteiger charge is 2.21. The molecule has 2 rings (SSSR count). The standard InChI is InChI=1S/C13H18BrN3O/c1-18-10-4-6-17(7-5-10)12-8-9(14)2-3-11(12)13(15)16/h2-3,8,10H,4-7H2,1H3,(H3,15,16). The first-order valence-electron chi connectivity index (χ1n) is 6.03. The fourth-order valence-corrected chi connectivity index (χ4v) is 2.68. The molecule has 18 heavy (non-hydrogen) atoms. The van der Waals surface area contributed by atoms with Crippen LogP contribution in [0.25, 0.3) is 0 Å². The largest absolute Gasteiger partial charge is 0.384 e. The van der Waals surface area contributed by atoms with Crippen LogP contribution in [0.15, 0.2) is 22.7 Å². The first kappa shape index (κ1) is 13.4. The molecular formula is C13H18BrN3O. The summed E-state index contributed by atoms with van der Waals surface area (Å²) < 4.78 is 6.38. The first-order chi connectivity index (χ1) is 8.61. The molecule has 4 nitrogen and oxygen atoms in total. The van der Waals surface area contributed by atoms with Gasteiger partial charge in [-0.25, -0.2) is 0 Å². The summed E-state index contributed by atoms with van der Waals surface area (Å²) in [4.78, 5) is 2.27. The molecule has 0 bridgehead atoms. The van der Waals surface area contributed by atoms with Crippen molar-refractivity contribution in [2.45, 2.75) is 18.9 Å². The van der Waals surface area contributed by atoms with Gasteiger partial charge in [-0.2, -0.15) is 0 Å².